The van der Waals surface area contributed by atoms with Crippen molar-refractivity contribution in [2.24, 2.45) is 0 Å². The van der Waals surface area contributed by atoms with Crippen LogP contribution in [0.1, 0.15) is 25.3 Å². The Morgan fingerprint density at radius 2 is 2.30 bits per heavy atom. The summed E-state index contributed by atoms with van der Waals surface area (Å²) in [7, 11) is 0. The van der Waals surface area contributed by atoms with Crippen LogP contribution in [0.15, 0.2) is 27.6 Å². The van der Waals surface area contributed by atoms with Crippen LogP contribution in [0.4, 0.5) is 0 Å². The van der Waals surface area contributed by atoms with Crippen molar-refractivity contribution in [2.45, 2.75) is 19.8 Å². The average Bonchev–Trinajstić information content (AvgIpc) is 2.71. The molecule has 20 heavy (non-hydrogen) atoms. The van der Waals surface area contributed by atoms with Gasteiger partial charge in [0.2, 0.25) is 0 Å². The van der Waals surface area contributed by atoms with Crippen molar-refractivity contribution in [1.82, 2.24) is 5.32 Å². The lowest BCUT2D eigenvalue weighted by Crippen LogP contribution is -2.17. The molecule has 1 amide bonds. The number of nitrogens with one attached hydrogen (secondary N) is 1. The summed E-state index contributed by atoms with van der Waals surface area (Å²) in [6, 6.07) is 5.77. The molecule has 1 aliphatic rings. The summed E-state index contributed by atoms with van der Waals surface area (Å²) in [6.07, 6.45) is 3.90. The molecule has 1 aromatic rings. The summed E-state index contributed by atoms with van der Waals surface area (Å²) < 4.78 is 7.20. The third-order valence-electron chi connectivity index (χ3n) is 2.66. The van der Waals surface area contributed by atoms with Crippen molar-refractivity contribution in [3.63, 3.8) is 0 Å². The predicted molar refractivity (Wildman–Crippen MR) is 90.9 cm³/mol. The van der Waals surface area contributed by atoms with Crippen LogP contribution in [0, 0.1) is 0 Å². The van der Waals surface area contributed by atoms with Crippen molar-refractivity contribution in [3.8, 4) is 5.75 Å². The molecule has 0 aromatic heterocycles. The normalized spacial score (nSPS) is 16.6. The van der Waals surface area contributed by atoms with Crippen LogP contribution < -0.4 is 10.1 Å². The van der Waals surface area contributed by atoms with Gasteiger partial charge in [-0.05, 0) is 30.7 Å². The van der Waals surface area contributed by atoms with E-state index in [0.29, 0.717) is 15.8 Å². The third-order valence-corrected chi connectivity index (χ3v) is 4.31. The first kappa shape index (κ1) is 15.5. The zero-order chi connectivity index (χ0) is 14.5. The van der Waals surface area contributed by atoms with Gasteiger partial charge in [-0.3, -0.25) is 4.79 Å². The van der Waals surface area contributed by atoms with E-state index in [1.54, 1.807) is 0 Å². The minimum absolute atomic E-state index is 0.153. The Morgan fingerprint density at radius 3 is 2.95 bits per heavy atom. The van der Waals surface area contributed by atoms with Crippen LogP contribution >= 0.6 is 39.9 Å². The van der Waals surface area contributed by atoms with Gasteiger partial charge < -0.3 is 10.1 Å². The van der Waals surface area contributed by atoms with E-state index in [2.05, 4.69) is 28.2 Å². The molecule has 1 saturated heterocycles. The van der Waals surface area contributed by atoms with E-state index in [9.17, 15) is 4.79 Å². The number of thioether (sulfide) groups is 1. The first-order valence-corrected chi connectivity index (χ1v) is 8.29. The van der Waals surface area contributed by atoms with Gasteiger partial charge in [0.15, 0.2) is 0 Å². The molecule has 0 unspecified atom stereocenters. The van der Waals surface area contributed by atoms with E-state index >= 15 is 0 Å². The maximum atomic E-state index is 11.7. The number of hydrogen-bond donors (Lipinski definition) is 1. The monoisotopic (exact) mass is 371 g/mol. The predicted octanol–water partition coefficient (Wildman–Crippen LogP) is 4.12. The first-order chi connectivity index (χ1) is 9.60. The highest BCUT2D eigenvalue weighted by atomic mass is 79.9. The lowest BCUT2D eigenvalue weighted by atomic mass is 10.2. The van der Waals surface area contributed by atoms with Crippen molar-refractivity contribution >= 4 is 56.2 Å². The highest BCUT2D eigenvalue weighted by Gasteiger charge is 2.22. The van der Waals surface area contributed by atoms with E-state index in [4.69, 9.17) is 17.0 Å². The van der Waals surface area contributed by atoms with E-state index in [-0.39, 0.29) is 5.91 Å². The molecule has 0 bridgehead atoms. The standard InChI is InChI=1S/C14H14BrNO2S2/c1-2-3-6-18-11-5-4-10(15)7-9(11)8-12-13(17)16-14(19)20-12/h4-5,7-8H,2-3,6H2,1H3,(H,16,17,19)/b12-8+. The molecule has 0 radical (unpaired) electrons. The minimum atomic E-state index is -0.153. The molecule has 0 saturated carbocycles. The molecule has 3 nitrogen and oxygen atoms in total. The maximum Gasteiger partial charge on any atom is 0.263 e. The largest absolute Gasteiger partial charge is 0.493 e. The molecule has 1 heterocycles. The molecule has 0 spiro atoms. The van der Waals surface area contributed by atoms with Crippen LogP contribution in [0.3, 0.4) is 0 Å². The number of benzene rings is 1. The van der Waals surface area contributed by atoms with Crippen LogP contribution in [0.25, 0.3) is 6.08 Å². The molecule has 0 atom stereocenters. The molecule has 1 aromatic carbocycles. The first-order valence-electron chi connectivity index (χ1n) is 6.27. The smallest absolute Gasteiger partial charge is 0.263 e. The van der Waals surface area contributed by atoms with Crippen LogP contribution in [-0.2, 0) is 4.79 Å². The molecular formula is C14H14BrNO2S2. The molecule has 0 aliphatic carbocycles. The summed E-state index contributed by atoms with van der Waals surface area (Å²) in [5, 5.41) is 2.61. The quantitative estimate of drug-likeness (QED) is 0.480. The molecule has 2 rings (SSSR count). The fourth-order valence-corrected chi connectivity index (χ4v) is 3.07. The summed E-state index contributed by atoms with van der Waals surface area (Å²) in [4.78, 5) is 12.3. The topological polar surface area (TPSA) is 38.3 Å². The van der Waals surface area contributed by atoms with Gasteiger partial charge in [0.05, 0.1) is 11.5 Å². The van der Waals surface area contributed by atoms with Gasteiger partial charge in [0, 0.05) is 10.0 Å². The number of carbonyl (C=O) groups is 1. The van der Waals surface area contributed by atoms with E-state index < -0.39 is 0 Å². The molecular weight excluding hydrogens is 358 g/mol. The van der Waals surface area contributed by atoms with Gasteiger partial charge in [-0.25, -0.2) is 0 Å². The van der Waals surface area contributed by atoms with E-state index in [1.165, 1.54) is 11.8 Å². The summed E-state index contributed by atoms with van der Waals surface area (Å²) in [5.74, 6) is 0.625. The number of rotatable bonds is 5. The van der Waals surface area contributed by atoms with Gasteiger partial charge >= 0.3 is 0 Å². The Morgan fingerprint density at radius 1 is 1.50 bits per heavy atom. The number of ether oxygens (including phenoxy) is 1. The van der Waals surface area contributed by atoms with Crippen LogP contribution in [-0.4, -0.2) is 16.8 Å². The number of carbonyl (C=O) groups excluding carboxylic acids is 1. The Balaban J connectivity index is 2.25. The summed E-state index contributed by atoms with van der Waals surface area (Å²) >= 11 is 9.69. The van der Waals surface area contributed by atoms with Gasteiger partial charge in [0.25, 0.3) is 5.91 Å². The van der Waals surface area contributed by atoms with E-state index in [1.807, 2.05) is 24.3 Å². The number of halogens is 1. The average molecular weight is 372 g/mol. The second-order valence-corrected chi connectivity index (χ2v) is 6.87. The zero-order valence-electron chi connectivity index (χ0n) is 10.9. The molecule has 6 heteroatoms. The Kier molecular flexibility index (Phi) is 5.63. The van der Waals surface area contributed by atoms with Gasteiger partial charge in [-0.2, -0.15) is 0 Å². The molecule has 106 valence electrons. The Labute approximate surface area is 136 Å². The molecule has 1 N–H and O–H groups in total. The van der Waals surface area contributed by atoms with Gasteiger partial charge in [-0.15, -0.1) is 0 Å². The Hall–Kier alpha value is -0.850. The second-order valence-electron chi connectivity index (χ2n) is 4.24. The van der Waals surface area contributed by atoms with Gasteiger partial charge in [-0.1, -0.05) is 53.3 Å². The lowest BCUT2D eigenvalue weighted by Gasteiger charge is -2.09. The number of amides is 1. The summed E-state index contributed by atoms with van der Waals surface area (Å²) in [5.41, 5.74) is 0.873. The van der Waals surface area contributed by atoms with Crippen molar-refractivity contribution in [3.05, 3.63) is 33.1 Å². The van der Waals surface area contributed by atoms with E-state index in [0.717, 1.165) is 28.6 Å². The second kappa shape index (κ2) is 7.24. The lowest BCUT2D eigenvalue weighted by molar-refractivity contribution is -0.115. The number of thiocarbonyl (C=S) groups is 1. The minimum Gasteiger partial charge on any atom is -0.493 e. The Bertz CT molecular complexity index is 572. The van der Waals surface area contributed by atoms with Crippen molar-refractivity contribution in [1.29, 1.82) is 0 Å². The maximum absolute atomic E-state index is 11.7. The number of unbranched alkanes of at least 4 members (excludes halogenated alkanes) is 1. The molecule has 1 fully saturated rings. The van der Waals surface area contributed by atoms with Crippen molar-refractivity contribution < 1.29 is 9.53 Å². The highest BCUT2D eigenvalue weighted by Crippen LogP contribution is 2.31. The molecule has 1 aliphatic heterocycles. The van der Waals surface area contributed by atoms with Crippen LogP contribution in [0.5, 0.6) is 5.75 Å². The number of hydrogen-bond acceptors (Lipinski definition) is 4. The fourth-order valence-electron chi connectivity index (χ4n) is 1.65. The SMILES string of the molecule is CCCCOc1ccc(Br)cc1/C=C1/SC(=S)NC1=O. The third kappa shape index (κ3) is 4.07. The zero-order valence-corrected chi connectivity index (χ0v) is 14.2. The van der Waals surface area contributed by atoms with Crippen molar-refractivity contribution in [2.75, 3.05) is 6.61 Å². The highest BCUT2D eigenvalue weighted by molar-refractivity contribution is 9.10. The van der Waals surface area contributed by atoms with Gasteiger partial charge in [0.1, 0.15) is 10.1 Å². The van der Waals surface area contributed by atoms with Crippen LogP contribution in [0.2, 0.25) is 0 Å². The fraction of sp³-hybridized carbons (Fsp3) is 0.286. The summed E-state index contributed by atoms with van der Waals surface area (Å²) in [6.45, 7) is 2.79.